The molecule has 0 aromatic carbocycles. The van der Waals surface area contributed by atoms with Crippen LogP contribution in [-0.2, 0) is 4.79 Å². The van der Waals surface area contributed by atoms with E-state index < -0.39 is 5.24 Å². The van der Waals surface area contributed by atoms with Gasteiger partial charge < -0.3 is 4.42 Å². The molecule has 0 aliphatic rings. The summed E-state index contributed by atoms with van der Waals surface area (Å²) in [6.45, 7) is 0. The standard InChI is InChI=1S/C6H2ClNO3/c7-6(10)4-1-11-2-5(4)8-3-9/h1-2H. The highest BCUT2D eigenvalue weighted by atomic mass is 35.5. The van der Waals surface area contributed by atoms with Crippen molar-refractivity contribution >= 4 is 28.6 Å². The summed E-state index contributed by atoms with van der Waals surface area (Å²) in [5, 5.41) is -0.715. The Morgan fingerprint density at radius 3 is 2.91 bits per heavy atom. The maximum absolute atomic E-state index is 10.5. The van der Waals surface area contributed by atoms with E-state index >= 15 is 0 Å². The quantitative estimate of drug-likeness (QED) is 0.386. The lowest BCUT2D eigenvalue weighted by Gasteiger charge is -1.83. The van der Waals surface area contributed by atoms with Crippen molar-refractivity contribution in [2.75, 3.05) is 0 Å². The second kappa shape index (κ2) is 3.14. The van der Waals surface area contributed by atoms with Crippen LogP contribution in [0.25, 0.3) is 0 Å². The zero-order valence-electron chi connectivity index (χ0n) is 5.20. The fraction of sp³-hybridized carbons (Fsp3) is 0. The van der Waals surface area contributed by atoms with Crippen molar-refractivity contribution in [2.24, 2.45) is 4.99 Å². The van der Waals surface area contributed by atoms with Gasteiger partial charge >= 0.3 is 0 Å². The number of furan rings is 1. The first-order chi connectivity index (χ1) is 5.25. The molecule has 1 aromatic heterocycles. The van der Waals surface area contributed by atoms with Crippen molar-refractivity contribution in [3.8, 4) is 0 Å². The minimum Gasteiger partial charge on any atom is -0.469 e. The van der Waals surface area contributed by atoms with Crippen LogP contribution in [0.2, 0.25) is 0 Å². The highest BCUT2D eigenvalue weighted by molar-refractivity contribution is 6.68. The third-order valence-electron chi connectivity index (χ3n) is 1.02. The van der Waals surface area contributed by atoms with Crippen LogP contribution in [0.5, 0.6) is 0 Å². The Hall–Kier alpha value is -1.38. The summed E-state index contributed by atoms with van der Waals surface area (Å²) in [7, 11) is 0. The van der Waals surface area contributed by atoms with Crippen LogP contribution in [0.3, 0.4) is 0 Å². The van der Waals surface area contributed by atoms with Gasteiger partial charge in [0.05, 0.1) is 5.56 Å². The molecule has 0 atom stereocenters. The van der Waals surface area contributed by atoms with Crippen LogP contribution in [-0.4, -0.2) is 11.3 Å². The Bertz CT molecular complexity index is 308. The Balaban J connectivity index is 3.15. The summed E-state index contributed by atoms with van der Waals surface area (Å²) >= 11 is 5.10. The normalized spacial score (nSPS) is 8.82. The first-order valence-electron chi connectivity index (χ1n) is 2.59. The molecule has 0 saturated carbocycles. The van der Waals surface area contributed by atoms with E-state index in [9.17, 15) is 9.59 Å². The van der Waals surface area contributed by atoms with Crippen molar-refractivity contribution < 1.29 is 14.0 Å². The van der Waals surface area contributed by atoms with Gasteiger partial charge in [-0.2, -0.15) is 4.99 Å². The number of carbonyl (C=O) groups is 1. The lowest BCUT2D eigenvalue weighted by Crippen LogP contribution is -1.83. The highest BCUT2D eigenvalue weighted by Crippen LogP contribution is 2.20. The molecule has 0 spiro atoms. The summed E-state index contributed by atoms with van der Waals surface area (Å²) in [4.78, 5) is 23.5. The van der Waals surface area contributed by atoms with E-state index in [-0.39, 0.29) is 11.3 Å². The number of isocyanates is 1. The molecule has 56 valence electrons. The summed E-state index contributed by atoms with van der Waals surface area (Å²) < 4.78 is 4.58. The maximum Gasteiger partial charge on any atom is 0.257 e. The fourth-order valence-corrected chi connectivity index (χ4v) is 0.714. The number of hydrogen-bond donors (Lipinski definition) is 0. The number of halogens is 1. The van der Waals surface area contributed by atoms with Crippen molar-refractivity contribution in [3.63, 3.8) is 0 Å². The molecule has 1 heterocycles. The smallest absolute Gasteiger partial charge is 0.257 e. The van der Waals surface area contributed by atoms with Crippen molar-refractivity contribution in [2.45, 2.75) is 0 Å². The van der Waals surface area contributed by atoms with Crippen LogP contribution in [0, 0.1) is 0 Å². The molecular weight excluding hydrogens is 170 g/mol. The molecule has 0 amide bonds. The predicted molar refractivity (Wildman–Crippen MR) is 36.7 cm³/mol. The van der Waals surface area contributed by atoms with E-state index in [1.54, 1.807) is 0 Å². The topological polar surface area (TPSA) is 59.6 Å². The van der Waals surface area contributed by atoms with Gasteiger partial charge in [0.2, 0.25) is 6.08 Å². The lowest BCUT2D eigenvalue weighted by molar-refractivity contribution is 0.108. The molecule has 0 fully saturated rings. The molecular formula is C6H2ClNO3. The van der Waals surface area contributed by atoms with Gasteiger partial charge in [0.1, 0.15) is 18.2 Å². The Labute approximate surface area is 66.5 Å². The third kappa shape index (κ3) is 1.55. The molecule has 1 rings (SSSR count). The van der Waals surface area contributed by atoms with E-state index in [0.29, 0.717) is 0 Å². The largest absolute Gasteiger partial charge is 0.469 e. The van der Waals surface area contributed by atoms with Gasteiger partial charge in [-0.25, -0.2) is 4.79 Å². The van der Waals surface area contributed by atoms with Gasteiger partial charge in [-0.15, -0.1) is 0 Å². The van der Waals surface area contributed by atoms with Crippen molar-refractivity contribution in [1.29, 1.82) is 0 Å². The van der Waals surface area contributed by atoms with Gasteiger partial charge in [-0.05, 0) is 11.6 Å². The fourth-order valence-electron chi connectivity index (χ4n) is 0.573. The summed E-state index contributed by atoms with van der Waals surface area (Å²) in [5.41, 5.74) is 0.162. The number of carbonyl (C=O) groups excluding carboxylic acids is 2. The average molecular weight is 172 g/mol. The predicted octanol–water partition coefficient (Wildman–Crippen LogP) is 1.63. The molecule has 5 heteroatoms. The Kier molecular flexibility index (Phi) is 2.21. The van der Waals surface area contributed by atoms with E-state index in [1.165, 1.54) is 6.08 Å². The monoisotopic (exact) mass is 171 g/mol. The average Bonchev–Trinajstić information content (AvgIpc) is 2.36. The molecule has 0 aliphatic heterocycles. The second-order valence-electron chi connectivity index (χ2n) is 1.65. The zero-order chi connectivity index (χ0) is 8.27. The number of aliphatic imine (C=N–C) groups is 1. The van der Waals surface area contributed by atoms with E-state index in [0.717, 1.165) is 12.5 Å². The number of nitrogens with zero attached hydrogens (tertiary/aromatic N) is 1. The molecule has 1 aromatic rings. The molecule has 0 radical (unpaired) electrons. The molecule has 11 heavy (non-hydrogen) atoms. The first kappa shape index (κ1) is 7.72. The third-order valence-corrected chi connectivity index (χ3v) is 1.22. The van der Waals surface area contributed by atoms with E-state index in [4.69, 9.17) is 11.6 Å². The van der Waals surface area contributed by atoms with Gasteiger partial charge in [0, 0.05) is 0 Å². The molecule has 0 unspecified atom stereocenters. The molecule has 0 aliphatic carbocycles. The van der Waals surface area contributed by atoms with E-state index in [1.807, 2.05) is 0 Å². The van der Waals surface area contributed by atoms with Gasteiger partial charge in [0.25, 0.3) is 5.24 Å². The summed E-state index contributed by atoms with van der Waals surface area (Å²) in [6, 6.07) is 0. The van der Waals surface area contributed by atoms with Crippen LogP contribution in [0.15, 0.2) is 21.9 Å². The molecule has 4 nitrogen and oxygen atoms in total. The van der Waals surface area contributed by atoms with Crippen LogP contribution >= 0.6 is 11.6 Å². The Morgan fingerprint density at radius 1 is 1.64 bits per heavy atom. The highest BCUT2D eigenvalue weighted by Gasteiger charge is 2.10. The molecule has 0 bridgehead atoms. The SMILES string of the molecule is O=C=Nc1cocc1C(=O)Cl. The van der Waals surface area contributed by atoms with Gasteiger partial charge in [0.15, 0.2) is 0 Å². The minimum absolute atomic E-state index is 0.0648. The number of hydrogen-bond acceptors (Lipinski definition) is 4. The Morgan fingerprint density at radius 2 is 2.36 bits per heavy atom. The van der Waals surface area contributed by atoms with Crippen molar-refractivity contribution in [3.05, 3.63) is 18.1 Å². The zero-order valence-corrected chi connectivity index (χ0v) is 5.96. The molecule has 0 saturated heterocycles. The lowest BCUT2D eigenvalue weighted by atomic mass is 10.3. The summed E-state index contributed by atoms with van der Waals surface area (Å²) in [5.74, 6) is 0. The van der Waals surface area contributed by atoms with Crippen LogP contribution < -0.4 is 0 Å². The van der Waals surface area contributed by atoms with Gasteiger partial charge in [-0.3, -0.25) is 4.79 Å². The first-order valence-corrected chi connectivity index (χ1v) is 2.97. The summed E-state index contributed by atoms with van der Waals surface area (Å²) in [6.07, 6.45) is 3.53. The maximum atomic E-state index is 10.5. The van der Waals surface area contributed by atoms with Crippen molar-refractivity contribution in [1.82, 2.24) is 0 Å². The van der Waals surface area contributed by atoms with Gasteiger partial charge in [-0.1, -0.05) is 0 Å². The minimum atomic E-state index is -0.715. The second-order valence-corrected chi connectivity index (χ2v) is 1.99. The molecule has 0 N–H and O–H groups in total. The van der Waals surface area contributed by atoms with Crippen LogP contribution in [0.4, 0.5) is 5.69 Å². The number of rotatable bonds is 2. The van der Waals surface area contributed by atoms with Crippen LogP contribution in [0.1, 0.15) is 10.4 Å². The van der Waals surface area contributed by atoms with E-state index in [2.05, 4.69) is 9.41 Å².